The second-order valence-corrected chi connectivity index (χ2v) is 6.85. The van der Waals surface area contributed by atoms with Crippen LogP contribution in [0.25, 0.3) is 0 Å². The molecule has 0 bridgehead atoms. The van der Waals surface area contributed by atoms with E-state index < -0.39 is 26.9 Å². The number of nitrogens with two attached hydrogens (primary N) is 1. The highest BCUT2D eigenvalue weighted by Gasteiger charge is 2.26. The Balaban J connectivity index is 3.00. The number of sulfone groups is 1. The number of benzene rings is 1. The third-order valence-electron chi connectivity index (χ3n) is 3.16. The van der Waals surface area contributed by atoms with Gasteiger partial charge < -0.3 is 4.74 Å². The van der Waals surface area contributed by atoms with Crippen molar-refractivity contribution in [3.63, 3.8) is 0 Å². The third-order valence-corrected chi connectivity index (χ3v) is 4.84. The molecule has 1 aromatic carbocycles. The first-order chi connectivity index (χ1) is 8.81. The number of ether oxygens (including phenoxy) is 1. The lowest BCUT2D eigenvalue weighted by molar-refractivity contribution is 0.382. The largest absolute Gasteiger partial charge is 0.494 e. The van der Waals surface area contributed by atoms with Crippen LogP contribution in [0.15, 0.2) is 18.2 Å². The lowest BCUT2D eigenvalue weighted by Gasteiger charge is -2.22. The van der Waals surface area contributed by atoms with Crippen LogP contribution in [0.1, 0.15) is 12.5 Å². The van der Waals surface area contributed by atoms with Crippen LogP contribution in [0.3, 0.4) is 0 Å². The standard InChI is InChI=1S/C12H19FN2O3S/c1-8(19(3,16)17)10(15-14)7-9-5-4-6-11(18-2)12(9)13/h4-6,8,10,15H,7,14H2,1-3H3. The third kappa shape index (κ3) is 3.89. The minimum atomic E-state index is -3.26. The molecular weight excluding hydrogens is 271 g/mol. The van der Waals surface area contributed by atoms with Gasteiger partial charge in [0.05, 0.1) is 12.4 Å². The maximum Gasteiger partial charge on any atom is 0.168 e. The number of hydrogen-bond donors (Lipinski definition) is 2. The van der Waals surface area contributed by atoms with Crippen molar-refractivity contribution in [1.29, 1.82) is 0 Å². The van der Waals surface area contributed by atoms with Gasteiger partial charge in [0, 0.05) is 12.3 Å². The van der Waals surface area contributed by atoms with Crippen LogP contribution in [-0.2, 0) is 16.3 Å². The number of hydrazine groups is 1. The van der Waals surface area contributed by atoms with Crippen LogP contribution >= 0.6 is 0 Å². The van der Waals surface area contributed by atoms with Crippen molar-refractivity contribution < 1.29 is 17.5 Å². The molecule has 0 aliphatic heterocycles. The van der Waals surface area contributed by atoms with Crippen molar-refractivity contribution in [1.82, 2.24) is 5.43 Å². The zero-order valence-electron chi connectivity index (χ0n) is 11.2. The summed E-state index contributed by atoms with van der Waals surface area (Å²) < 4.78 is 41.9. The molecule has 3 N–H and O–H groups in total. The molecule has 0 aliphatic rings. The smallest absolute Gasteiger partial charge is 0.168 e. The number of hydrogen-bond acceptors (Lipinski definition) is 5. The summed E-state index contributed by atoms with van der Waals surface area (Å²) in [7, 11) is -1.88. The van der Waals surface area contributed by atoms with Gasteiger partial charge in [-0.25, -0.2) is 12.8 Å². The van der Waals surface area contributed by atoms with Crippen LogP contribution in [0.4, 0.5) is 4.39 Å². The molecule has 2 atom stereocenters. The average Bonchev–Trinajstić information content (AvgIpc) is 2.35. The minimum Gasteiger partial charge on any atom is -0.494 e. The normalized spacial score (nSPS) is 15.0. The van der Waals surface area contributed by atoms with Gasteiger partial charge in [-0.05, 0) is 25.0 Å². The molecular formula is C12H19FN2O3S. The number of halogens is 1. The summed E-state index contributed by atoms with van der Waals surface area (Å²) in [4.78, 5) is 0. The van der Waals surface area contributed by atoms with E-state index in [2.05, 4.69) is 5.43 Å². The summed E-state index contributed by atoms with van der Waals surface area (Å²) in [6.07, 6.45) is 1.29. The zero-order valence-corrected chi connectivity index (χ0v) is 12.0. The Bertz CT molecular complexity index is 534. The molecule has 1 rings (SSSR count). The minimum absolute atomic E-state index is 0.125. The summed E-state index contributed by atoms with van der Waals surface area (Å²) in [5, 5.41) is -0.719. The average molecular weight is 290 g/mol. The quantitative estimate of drug-likeness (QED) is 0.593. The predicted octanol–water partition coefficient (Wildman–Crippen LogP) is 0.642. The van der Waals surface area contributed by atoms with Crippen molar-refractivity contribution >= 4 is 9.84 Å². The molecule has 108 valence electrons. The second kappa shape index (κ2) is 6.31. The van der Waals surface area contributed by atoms with Gasteiger partial charge in [0.15, 0.2) is 21.4 Å². The van der Waals surface area contributed by atoms with Crippen molar-refractivity contribution in [3.8, 4) is 5.75 Å². The van der Waals surface area contributed by atoms with Crippen LogP contribution < -0.4 is 16.0 Å². The first kappa shape index (κ1) is 15.9. The molecule has 19 heavy (non-hydrogen) atoms. The molecule has 0 spiro atoms. The zero-order chi connectivity index (χ0) is 14.6. The van der Waals surface area contributed by atoms with E-state index in [0.717, 1.165) is 6.26 Å². The van der Waals surface area contributed by atoms with E-state index in [-0.39, 0.29) is 12.2 Å². The molecule has 0 saturated heterocycles. The van der Waals surface area contributed by atoms with Crippen LogP contribution in [0, 0.1) is 5.82 Å². The fraction of sp³-hybridized carbons (Fsp3) is 0.500. The molecule has 0 fully saturated rings. The van der Waals surface area contributed by atoms with E-state index >= 15 is 0 Å². The van der Waals surface area contributed by atoms with Gasteiger partial charge >= 0.3 is 0 Å². The molecule has 7 heteroatoms. The van der Waals surface area contributed by atoms with Gasteiger partial charge in [0.25, 0.3) is 0 Å². The second-order valence-electron chi connectivity index (χ2n) is 4.45. The summed E-state index contributed by atoms with van der Waals surface area (Å²) in [6.45, 7) is 1.54. The van der Waals surface area contributed by atoms with Crippen molar-refractivity contribution in [2.45, 2.75) is 24.6 Å². The highest BCUT2D eigenvalue weighted by Crippen LogP contribution is 2.22. The van der Waals surface area contributed by atoms with E-state index in [4.69, 9.17) is 10.6 Å². The van der Waals surface area contributed by atoms with Gasteiger partial charge in [-0.1, -0.05) is 12.1 Å². The molecule has 0 heterocycles. The predicted molar refractivity (Wildman–Crippen MR) is 72.1 cm³/mol. The van der Waals surface area contributed by atoms with Crippen LogP contribution in [-0.4, -0.2) is 33.1 Å². The lowest BCUT2D eigenvalue weighted by Crippen LogP contribution is -2.47. The molecule has 2 unspecified atom stereocenters. The van der Waals surface area contributed by atoms with Crippen molar-refractivity contribution in [3.05, 3.63) is 29.6 Å². The van der Waals surface area contributed by atoms with Crippen LogP contribution in [0.5, 0.6) is 5.75 Å². The Hall–Kier alpha value is -1.18. The Morgan fingerprint density at radius 1 is 1.47 bits per heavy atom. The SMILES string of the molecule is COc1cccc(CC(NN)C(C)S(C)(=O)=O)c1F. The molecule has 0 aliphatic carbocycles. The van der Waals surface area contributed by atoms with Gasteiger partial charge in [0.2, 0.25) is 0 Å². The Labute approximate surface area is 112 Å². The molecule has 0 radical (unpaired) electrons. The number of methoxy groups -OCH3 is 1. The number of nitrogens with one attached hydrogen (secondary N) is 1. The summed E-state index contributed by atoms with van der Waals surface area (Å²) >= 11 is 0. The molecule has 0 aromatic heterocycles. The van der Waals surface area contributed by atoms with E-state index in [1.165, 1.54) is 20.1 Å². The molecule has 0 saturated carbocycles. The van der Waals surface area contributed by atoms with E-state index in [9.17, 15) is 12.8 Å². The summed E-state index contributed by atoms with van der Waals surface area (Å²) in [6, 6.07) is 4.16. The Kier molecular flexibility index (Phi) is 5.28. The monoisotopic (exact) mass is 290 g/mol. The fourth-order valence-electron chi connectivity index (χ4n) is 1.77. The summed E-state index contributed by atoms with van der Waals surface area (Å²) in [5.41, 5.74) is 2.79. The first-order valence-corrected chi connectivity index (χ1v) is 7.73. The Morgan fingerprint density at radius 2 is 2.11 bits per heavy atom. The van der Waals surface area contributed by atoms with Crippen molar-refractivity contribution in [2.24, 2.45) is 5.84 Å². The number of rotatable bonds is 6. The fourth-order valence-corrected chi connectivity index (χ4v) is 2.54. The van der Waals surface area contributed by atoms with Crippen molar-refractivity contribution in [2.75, 3.05) is 13.4 Å². The Morgan fingerprint density at radius 3 is 2.58 bits per heavy atom. The highest BCUT2D eigenvalue weighted by molar-refractivity contribution is 7.91. The molecule has 0 amide bonds. The molecule has 1 aromatic rings. The summed E-state index contributed by atoms with van der Waals surface area (Å²) in [5.74, 6) is 5.00. The van der Waals surface area contributed by atoms with E-state index in [1.807, 2.05) is 0 Å². The maximum absolute atomic E-state index is 14.0. The molecule has 5 nitrogen and oxygen atoms in total. The highest BCUT2D eigenvalue weighted by atomic mass is 32.2. The van der Waals surface area contributed by atoms with Crippen LogP contribution in [0.2, 0.25) is 0 Å². The van der Waals surface area contributed by atoms with E-state index in [0.29, 0.717) is 5.56 Å². The maximum atomic E-state index is 14.0. The van der Waals surface area contributed by atoms with E-state index in [1.54, 1.807) is 12.1 Å². The lowest BCUT2D eigenvalue weighted by atomic mass is 10.0. The van der Waals surface area contributed by atoms with Gasteiger partial charge in [0.1, 0.15) is 0 Å². The van der Waals surface area contributed by atoms with Gasteiger partial charge in [-0.3, -0.25) is 11.3 Å². The first-order valence-electron chi connectivity index (χ1n) is 5.77. The van der Waals surface area contributed by atoms with Gasteiger partial charge in [-0.2, -0.15) is 0 Å². The topological polar surface area (TPSA) is 81.4 Å². The van der Waals surface area contributed by atoms with Gasteiger partial charge in [-0.15, -0.1) is 0 Å².